The van der Waals surface area contributed by atoms with Gasteiger partial charge in [0.25, 0.3) is 5.91 Å². The van der Waals surface area contributed by atoms with Crippen molar-refractivity contribution in [1.29, 1.82) is 0 Å². The van der Waals surface area contributed by atoms with Crippen LogP contribution in [0.3, 0.4) is 0 Å². The molecule has 0 aromatic carbocycles. The van der Waals surface area contributed by atoms with Crippen LogP contribution >= 0.6 is 0 Å². The van der Waals surface area contributed by atoms with Crippen molar-refractivity contribution >= 4 is 11.9 Å². The fourth-order valence-electron chi connectivity index (χ4n) is 0.795. The monoisotopic (exact) mass is 174 g/mol. The van der Waals surface area contributed by atoms with Gasteiger partial charge in [-0.3, -0.25) is 14.4 Å². The highest BCUT2D eigenvalue weighted by atomic mass is 16.7. The summed E-state index contributed by atoms with van der Waals surface area (Å²) in [7, 11) is 1.24. The quantitative estimate of drug-likeness (QED) is 0.502. The lowest BCUT2D eigenvalue weighted by molar-refractivity contribution is -0.173. The van der Waals surface area contributed by atoms with Crippen LogP contribution in [-0.2, 0) is 19.2 Å². The van der Waals surface area contributed by atoms with E-state index < -0.39 is 12.0 Å². The van der Waals surface area contributed by atoms with Crippen molar-refractivity contribution in [3.8, 4) is 0 Å². The Morgan fingerprint density at radius 2 is 2.58 bits per heavy atom. The molecule has 12 heavy (non-hydrogen) atoms. The van der Waals surface area contributed by atoms with Gasteiger partial charge in [0.15, 0.2) is 0 Å². The number of hydrogen-bond donors (Lipinski definition) is 1. The lowest BCUT2D eigenvalue weighted by Crippen LogP contribution is -2.37. The molecule has 0 radical (unpaired) electrons. The predicted molar refractivity (Wildman–Crippen MR) is 37.7 cm³/mol. The van der Waals surface area contributed by atoms with Gasteiger partial charge < -0.3 is 10.5 Å². The number of carbonyl (C=O) groups excluding carboxylic acids is 2. The number of methoxy groups -OCH3 is 1. The molecule has 1 heterocycles. The number of amides is 1. The zero-order valence-corrected chi connectivity index (χ0v) is 6.65. The topological polar surface area (TPSA) is 81.9 Å². The van der Waals surface area contributed by atoms with Crippen LogP contribution in [0.5, 0.6) is 0 Å². The summed E-state index contributed by atoms with van der Waals surface area (Å²) in [6, 6.07) is -0.658. The van der Waals surface area contributed by atoms with E-state index in [4.69, 9.17) is 10.6 Å². The molecule has 0 aromatic heterocycles. The maximum atomic E-state index is 11.0. The van der Waals surface area contributed by atoms with E-state index >= 15 is 0 Å². The lowest BCUT2D eigenvalue weighted by atomic mass is 10.3. The van der Waals surface area contributed by atoms with Crippen molar-refractivity contribution in [1.82, 2.24) is 5.06 Å². The number of esters is 1. The summed E-state index contributed by atoms with van der Waals surface area (Å²) < 4.78 is 4.34. The molecule has 1 aliphatic heterocycles. The Hall–Kier alpha value is -1.14. The van der Waals surface area contributed by atoms with E-state index in [1.807, 2.05) is 0 Å². The van der Waals surface area contributed by atoms with Gasteiger partial charge in [-0.1, -0.05) is 0 Å². The highest BCUT2D eigenvalue weighted by Crippen LogP contribution is 2.04. The van der Waals surface area contributed by atoms with E-state index in [2.05, 4.69) is 4.74 Å². The minimum atomic E-state index is -0.658. The summed E-state index contributed by atoms with van der Waals surface area (Å²) in [5, 5.41) is 0.913. The second kappa shape index (κ2) is 3.51. The van der Waals surface area contributed by atoms with Gasteiger partial charge in [0.1, 0.15) is 12.6 Å². The van der Waals surface area contributed by atoms with E-state index in [0.717, 1.165) is 5.06 Å². The van der Waals surface area contributed by atoms with Gasteiger partial charge >= 0.3 is 5.97 Å². The maximum Gasteiger partial charge on any atom is 0.328 e. The third-order valence-corrected chi connectivity index (χ3v) is 1.47. The third kappa shape index (κ3) is 1.72. The minimum absolute atomic E-state index is 0.121. The van der Waals surface area contributed by atoms with Crippen molar-refractivity contribution in [2.24, 2.45) is 5.73 Å². The molecular formula is C6H10N2O4. The van der Waals surface area contributed by atoms with Crippen molar-refractivity contribution in [2.45, 2.75) is 6.04 Å². The van der Waals surface area contributed by atoms with Gasteiger partial charge in [-0.25, -0.2) is 5.06 Å². The van der Waals surface area contributed by atoms with Crippen molar-refractivity contribution in [3.63, 3.8) is 0 Å². The van der Waals surface area contributed by atoms with Crippen LogP contribution in [0.2, 0.25) is 0 Å². The zero-order valence-electron chi connectivity index (χ0n) is 6.65. The number of carbonyl (C=O) groups is 2. The maximum absolute atomic E-state index is 11.0. The first-order chi connectivity index (χ1) is 5.65. The average molecular weight is 174 g/mol. The second-order valence-corrected chi connectivity index (χ2v) is 2.35. The normalized spacial score (nSPS) is 23.0. The van der Waals surface area contributed by atoms with E-state index in [9.17, 15) is 9.59 Å². The molecule has 1 aliphatic rings. The SMILES string of the molecule is COC(=O)CN1OC[C@@H](N)C1=O. The Morgan fingerprint density at radius 1 is 1.92 bits per heavy atom. The number of hydrogen-bond acceptors (Lipinski definition) is 5. The fourth-order valence-corrected chi connectivity index (χ4v) is 0.795. The number of hydroxylamine groups is 2. The van der Waals surface area contributed by atoms with Gasteiger partial charge in [-0.05, 0) is 0 Å². The Labute approximate surface area is 69.2 Å². The zero-order chi connectivity index (χ0) is 9.14. The number of ether oxygens (including phenoxy) is 1. The van der Waals surface area contributed by atoms with Gasteiger partial charge in [0.2, 0.25) is 0 Å². The molecule has 0 bridgehead atoms. The Balaban J connectivity index is 2.44. The molecule has 1 saturated heterocycles. The molecule has 1 fully saturated rings. The van der Waals surface area contributed by atoms with Crippen molar-refractivity contribution in [2.75, 3.05) is 20.3 Å². The van der Waals surface area contributed by atoms with Gasteiger partial charge in [0.05, 0.1) is 13.7 Å². The third-order valence-electron chi connectivity index (χ3n) is 1.47. The molecule has 0 aromatic rings. The number of rotatable bonds is 2. The van der Waals surface area contributed by atoms with Gasteiger partial charge in [-0.15, -0.1) is 0 Å². The molecule has 0 spiro atoms. The van der Waals surface area contributed by atoms with E-state index in [0.29, 0.717) is 0 Å². The molecule has 0 unspecified atom stereocenters. The van der Waals surface area contributed by atoms with Crippen LogP contribution in [0.4, 0.5) is 0 Å². The smallest absolute Gasteiger partial charge is 0.328 e. The van der Waals surface area contributed by atoms with Crippen LogP contribution in [0.25, 0.3) is 0 Å². The number of nitrogens with two attached hydrogens (primary N) is 1. The summed E-state index contributed by atoms with van der Waals surface area (Å²) >= 11 is 0. The van der Waals surface area contributed by atoms with Gasteiger partial charge in [0, 0.05) is 0 Å². The van der Waals surface area contributed by atoms with E-state index in [1.165, 1.54) is 7.11 Å². The van der Waals surface area contributed by atoms with Crippen LogP contribution < -0.4 is 5.73 Å². The van der Waals surface area contributed by atoms with Crippen molar-refractivity contribution < 1.29 is 19.2 Å². The van der Waals surface area contributed by atoms with Crippen LogP contribution in [-0.4, -0.2) is 43.2 Å². The summed E-state index contributed by atoms with van der Waals surface area (Å²) in [6.45, 7) is -0.0845. The molecule has 1 rings (SSSR count). The lowest BCUT2D eigenvalue weighted by Gasteiger charge is -2.11. The Kier molecular flexibility index (Phi) is 2.61. The molecule has 6 heteroatoms. The first kappa shape index (κ1) is 8.95. The average Bonchev–Trinajstić information content (AvgIpc) is 2.36. The summed E-state index contributed by atoms with van der Waals surface area (Å²) in [4.78, 5) is 26.5. The van der Waals surface area contributed by atoms with E-state index in [1.54, 1.807) is 0 Å². The molecule has 0 saturated carbocycles. The highest BCUT2D eigenvalue weighted by molar-refractivity contribution is 5.85. The summed E-state index contributed by atoms with van der Waals surface area (Å²) in [6.07, 6.45) is 0. The van der Waals surface area contributed by atoms with Crippen LogP contribution in [0.1, 0.15) is 0 Å². The van der Waals surface area contributed by atoms with Crippen LogP contribution in [0.15, 0.2) is 0 Å². The Morgan fingerprint density at radius 3 is 3.00 bits per heavy atom. The predicted octanol–water partition coefficient (Wildman–Crippen LogP) is -1.74. The van der Waals surface area contributed by atoms with Crippen LogP contribution in [0, 0.1) is 0 Å². The summed E-state index contributed by atoms with van der Waals surface area (Å²) in [5.74, 6) is -0.919. The number of nitrogens with zero attached hydrogens (tertiary/aromatic N) is 1. The standard InChI is InChI=1S/C6H10N2O4/c1-11-5(9)2-8-6(10)4(7)3-12-8/h4H,2-3,7H2,1H3/t4-/m1/s1. The van der Waals surface area contributed by atoms with Crippen molar-refractivity contribution in [3.05, 3.63) is 0 Å². The second-order valence-electron chi connectivity index (χ2n) is 2.35. The molecule has 0 aliphatic carbocycles. The molecule has 1 amide bonds. The van der Waals surface area contributed by atoms with Gasteiger partial charge in [-0.2, -0.15) is 0 Å². The molecule has 2 N–H and O–H groups in total. The molecule has 1 atom stereocenters. The summed E-state index contributed by atoms with van der Waals surface area (Å²) in [5.41, 5.74) is 5.32. The minimum Gasteiger partial charge on any atom is -0.468 e. The highest BCUT2D eigenvalue weighted by Gasteiger charge is 2.31. The molecular weight excluding hydrogens is 164 g/mol. The molecule has 68 valence electrons. The Bertz CT molecular complexity index is 206. The van der Waals surface area contributed by atoms with E-state index in [-0.39, 0.29) is 19.1 Å². The first-order valence-corrected chi connectivity index (χ1v) is 3.42. The fraction of sp³-hybridized carbons (Fsp3) is 0.667. The molecule has 6 nitrogen and oxygen atoms in total. The largest absolute Gasteiger partial charge is 0.468 e. The first-order valence-electron chi connectivity index (χ1n) is 3.42.